The Hall–Kier alpha value is -3.85. The molecule has 5 rings (SSSR count). The fraction of sp³-hybridized carbons (Fsp3) is 0.286. The molecule has 0 aliphatic carbocycles. The zero-order valence-electron chi connectivity index (χ0n) is 20.4. The topological polar surface area (TPSA) is 58.9 Å². The van der Waals surface area contributed by atoms with Crippen LogP contribution in [0.2, 0.25) is 0 Å². The maximum atomic E-state index is 13.8. The van der Waals surface area contributed by atoms with Gasteiger partial charge in [0.15, 0.2) is 0 Å². The molecule has 1 saturated heterocycles. The number of hydrogen-bond donors (Lipinski definition) is 1. The van der Waals surface area contributed by atoms with Gasteiger partial charge in [-0.05, 0) is 80.9 Å². The van der Waals surface area contributed by atoms with E-state index in [9.17, 15) is 18.0 Å². The van der Waals surface area contributed by atoms with Crippen molar-refractivity contribution in [2.45, 2.75) is 25.9 Å². The highest BCUT2D eigenvalue weighted by Crippen LogP contribution is 2.38. The van der Waals surface area contributed by atoms with E-state index in [-0.39, 0.29) is 18.0 Å². The zero-order chi connectivity index (χ0) is 26.0. The largest absolute Gasteiger partial charge is 0.492 e. The quantitative estimate of drug-likeness (QED) is 0.330. The van der Waals surface area contributed by atoms with Gasteiger partial charge in [0, 0.05) is 29.6 Å². The minimum absolute atomic E-state index is 0.0427. The van der Waals surface area contributed by atoms with Crippen LogP contribution >= 0.6 is 0 Å². The molecular formula is C28H27F3N4O2. The van der Waals surface area contributed by atoms with Crippen LogP contribution in [0.1, 0.15) is 34.3 Å². The summed E-state index contributed by atoms with van der Waals surface area (Å²) in [4.78, 5) is 19.6. The molecule has 192 valence electrons. The van der Waals surface area contributed by atoms with Crippen molar-refractivity contribution in [3.8, 4) is 17.0 Å². The van der Waals surface area contributed by atoms with Crippen LogP contribution in [0.3, 0.4) is 0 Å². The van der Waals surface area contributed by atoms with Crippen LogP contribution in [0.25, 0.3) is 16.9 Å². The van der Waals surface area contributed by atoms with Crippen LogP contribution in [0, 0.1) is 6.92 Å². The molecular weight excluding hydrogens is 481 g/mol. The van der Waals surface area contributed by atoms with Crippen molar-refractivity contribution >= 4 is 17.2 Å². The number of aryl methyl sites for hydroxylation is 1. The molecule has 1 N–H and O–H groups in total. The first-order chi connectivity index (χ1) is 17.8. The van der Waals surface area contributed by atoms with Crippen LogP contribution in [-0.2, 0) is 6.18 Å². The van der Waals surface area contributed by atoms with E-state index in [4.69, 9.17) is 4.74 Å². The molecule has 0 unspecified atom stereocenters. The standard InChI is InChI=1S/C28H27F3N4O2/c1-19-7-8-20(16-22(19)24-18-32-26-6-2-3-13-35(24)26)27(36)33-21-9-10-25(23(17-21)28(29,30)31)37-15-14-34-11-4-5-12-34/h2-3,6-10,13,16-18H,4-5,11-12,14-15H2,1H3,(H,33,36). The number of alkyl halides is 3. The Morgan fingerprint density at radius 3 is 2.68 bits per heavy atom. The van der Waals surface area contributed by atoms with Gasteiger partial charge in [-0.3, -0.25) is 14.1 Å². The van der Waals surface area contributed by atoms with Gasteiger partial charge in [0.05, 0.1) is 17.5 Å². The molecule has 0 bridgehead atoms. The Morgan fingerprint density at radius 2 is 1.89 bits per heavy atom. The minimum Gasteiger partial charge on any atom is -0.492 e. The van der Waals surface area contributed by atoms with Crippen molar-refractivity contribution in [1.82, 2.24) is 14.3 Å². The predicted octanol–water partition coefficient (Wildman–Crippen LogP) is 6.06. The van der Waals surface area contributed by atoms with Crippen LogP contribution in [0.4, 0.5) is 18.9 Å². The number of carbonyl (C=O) groups excluding carboxylic acids is 1. The molecule has 2 aromatic carbocycles. The molecule has 1 fully saturated rings. The van der Waals surface area contributed by atoms with Crippen LogP contribution in [-0.4, -0.2) is 46.4 Å². The number of imidazole rings is 1. The lowest BCUT2D eigenvalue weighted by Gasteiger charge is -2.18. The molecule has 1 aliphatic heterocycles. The maximum absolute atomic E-state index is 13.8. The number of fused-ring (bicyclic) bond motifs is 1. The van der Waals surface area contributed by atoms with Crippen molar-refractivity contribution in [1.29, 1.82) is 0 Å². The number of ether oxygens (including phenoxy) is 1. The van der Waals surface area contributed by atoms with Gasteiger partial charge in [-0.1, -0.05) is 12.1 Å². The molecule has 0 radical (unpaired) electrons. The molecule has 3 heterocycles. The van der Waals surface area contributed by atoms with E-state index in [0.29, 0.717) is 12.1 Å². The minimum atomic E-state index is -4.62. The second kappa shape index (κ2) is 10.3. The summed E-state index contributed by atoms with van der Waals surface area (Å²) >= 11 is 0. The number of likely N-dealkylation sites (tertiary alicyclic amines) is 1. The highest BCUT2D eigenvalue weighted by atomic mass is 19.4. The Kier molecular flexibility index (Phi) is 6.88. The summed E-state index contributed by atoms with van der Waals surface area (Å²) in [6.45, 7) is 4.57. The summed E-state index contributed by atoms with van der Waals surface area (Å²) in [6.07, 6.45) is 1.20. The fourth-order valence-electron chi connectivity index (χ4n) is 4.62. The van der Waals surface area contributed by atoms with E-state index in [0.717, 1.165) is 54.5 Å². The smallest absolute Gasteiger partial charge is 0.420 e. The average molecular weight is 509 g/mol. The molecule has 37 heavy (non-hydrogen) atoms. The molecule has 6 nitrogen and oxygen atoms in total. The van der Waals surface area contributed by atoms with Crippen molar-refractivity contribution < 1.29 is 22.7 Å². The van der Waals surface area contributed by atoms with E-state index >= 15 is 0 Å². The summed E-state index contributed by atoms with van der Waals surface area (Å²) in [5.41, 5.74) is 2.79. The van der Waals surface area contributed by atoms with Crippen molar-refractivity contribution in [2.75, 3.05) is 31.6 Å². The summed E-state index contributed by atoms with van der Waals surface area (Å²) in [7, 11) is 0. The number of amides is 1. The van der Waals surface area contributed by atoms with Crippen LogP contribution < -0.4 is 10.1 Å². The lowest BCUT2D eigenvalue weighted by atomic mass is 10.0. The molecule has 4 aromatic rings. The Labute approximate surface area is 212 Å². The van der Waals surface area contributed by atoms with Crippen molar-refractivity contribution in [3.05, 3.63) is 83.7 Å². The number of halogens is 3. The first kappa shape index (κ1) is 24.8. The third kappa shape index (κ3) is 5.46. The Bertz CT molecular complexity index is 1420. The fourth-order valence-corrected chi connectivity index (χ4v) is 4.62. The second-order valence-electron chi connectivity index (χ2n) is 9.16. The van der Waals surface area contributed by atoms with E-state index < -0.39 is 17.6 Å². The van der Waals surface area contributed by atoms with Crippen LogP contribution in [0.5, 0.6) is 5.75 Å². The molecule has 0 spiro atoms. The Balaban J connectivity index is 1.35. The van der Waals surface area contributed by atoms with E-state index in [1.807, 2.05) is 41.8 Å². The summed E-state index contributed by atoms with van der Waals surface area (Å²) in [5.74, 6) is -0.749. The highest BCUT2D eigenvalue weighted by Gasteiger charge is 2.35. The first-order valence-electron chi connectivity index (χ1n) is 12.2. The summed E-state index contributed by atoms with van der Waals surface area (Å²) < 4.78 is 48.8. The molecule has 9 heteroatoms. The number of benzene rings is 2. The van der Waals surface area contributed by atoms with E-state index in [1.165, 1.54) is 12.1 Å². The highest BCUT2D eigenvalue weighted by molar-refractivity contribution is 6.05. The Morgan fingerprint density at radius 1 is 1.08 bits per heavy atom. The summed E-state index contributed by atoms with van der Waals surface area (Å²) in [5, 5.41) is 2.60. The molecule has 0 saturated carbocycles. The monoisotopic (exact) mass is 508 g/mol. The van der Waals surface area contributed by atoms with Gasteiger partial charge in [-0.25, -0.2) is 4.98 Å². The normalized spacial score (nSPS) is 14.3. The lowest BCUT2D eigenvalue weighted by molar-refractivity contribution is -0.138. The third-order valence-electron chi connectivity index (χ3n) is 6.60. The number of hydrogen-bond acceptors (Lipinski definition) is 4. The zero-order valence-corrected chi connectivity index (χ0v) is 20.4. The van der Waals surface area contributed by atoms with Gasteiger partial charge in [0.25, 0.3) is 5.91 Å². The van der Waals surface area contributed by atoms with Crippen molar-refractivity contribution in [3.63, 3.8) is 0 Å². The molecule has 2 aromatic heterocycles. The number of nitrogens with one attached hydrogen (secondary N) is 1. The second-order valence-corrected chi connectivity index (χ2v) is 9.16. The molecule has 1 amide bonds. The van der Waals surface area contributed by atoms with Gasteiger partial charge >= 0.3 is 6.18 Å². The number of nitrogens with zero attached hydrogens (tertiary/aromatic N) is 3. The first-order valence-corrected chi connectivity index (χ1v) is 12.2. The number of rotatable bonds is 7. The number of anilines is 1. The van der Waals surface area contributed by atoms with Crippen molar-refractivity contribution in [2.24, 2.45) is 0 Å². The average Bonchev–Trinajstić information content (AvgIpc) is 3.55. The van der Waals surface area contributed by atoms with E-state index in [2.05, 4.69) is 15.2 Å². The number of pyridine rings is 1. The molecule has 0 atom stereocenters. The number of carbonyl (C=O) groups is 1. The predicted molar refractivity (Wildman–Crippen MR) is 136 cm³/mol. The van der Waals surface area contributed by atoms with Gasteiger partial charge in [-0.2, -0.15) is 13.2 Å². The summed E-state index contributed by atoms with van der Waals surface area (Å²) in [6, 6.07) is 14.5. The van der Waals surface area contributed by atoms with Gasteiger partial charge in [-0.15, -0.1) is 0 Å². The third-order valence-corrected chi connectivity index (χ3v) is 6.60. The van der Waals surface area contributed by atoms with Crippen LogP contribution in [0.15, 0.2) is 67.0 Å². The van der Waals surface area contributed by atoms with Gasteiger partial charge < -0.3 is 10.1 Å². The van der Waals surface area contributed by atoms with E-state index in [1.54, 1.807) is 18.3 Å². The number of aromatic nitrogens is 2. The van der Waals surface area contributed by atoms with Gasteiger partial charge in [0.2, 0.25) is 0 Å². The molecule has 1 aliphatic rings. The van der Waals surface area contributed by atoms with Gasteiger partial charge in [0.1, 0.15) is 18.0 Å². The maximum Gasteiger partial charge on any atom is 0.420 e. The SMILES string of the molecule is Cc1ccc(C(=O)Nc2ccc(OCCN3CCCC3)c(C(F)(F)F)c2)cc1-c1cnc2ccccn12. The lowest BCUT2D eigenvalue weighted by Crippen LogP contribution is -2.25.